The largest absolute Gasteiger partial charge is 0.465 e. The summed E-state index contributed by atoms with van der Waals surface area (Å²) in [5.74, 6) is -0.269. The lowest BCUT2D eigenvalue weighted by molar-refractivity contribution is 0.0601. The molecule has 0 bridgehead atoms. The maximum atomic E-state index is 12.1. The molecule has 126 valence electrons. The molecule has 0 radical (unpaired) electrons. The molecule has 0 saturated carbocycles. The van der Waals surface area contributed by atoms with Gasteiger partial charge < -0.3 is 20.3 Å². The molecule has 0 aromatic carbocycles. The number of likely N-dealkylation sites (tertiary alicyclic amines) is 1. The average molecular weight is 354 g/mol. The van der Waals surface area contributed by atoms with Gasteiger partial charge in [-0.3, -0.25) is 0 Å². The summed E-state index contributed by atoms with van der Waals surface area (Å²) in [4.78, 5) is 15.8. The number of nitrogens with one attached hydrogen (secondary N) is 2. The second-order valence-corrected chi connectivity index (χ2v) is 7.74. The summed E-state index contributed by atoms with van der Waals surface area (Å²) >= 11 is 7.09. The zero-order chi connectivity index (χ0) is 16.4. The molecule has 1 fully saturated rings. The molecule has 5 nitrogen and oxygen atoms in total. The molecule has 3 rings (SSSR count). The van der Waals surface area contributed by atoms with E-state index in [0.29, 0.717) is 16.7 Å². The molecule has 0 unspecified atom stereocenters. The molecule has 1 aromatic heterocycles. The van der Waals surface area contributed by atoms with Crippen molar-refractivity contribution < 1.29 is 9.53 Å². The van der Waals surface area contributed by atoms with Gasteiger partial charge in [-0.2, -0.15) is 0 Å². The number of esters is 1. The van der Waals surface area contributed by atoms with Crippen LogP contribution in [-0.4, -0.2) is 49.3 Å². The number of methoxy groups -OCH3 is 1. The van der Waals surface area contributed by atoms with Gasteiger partial charge in [-0.15, -0.1) is 11.3 Å². The topological polar surface area (TPSA) is 53.6 Å². The monoisotopic (exact) mass is 353 g/mol. The standard InChI is InChI=1S/C16H23N3O2S2/c1-19-8-6-10(7-9-19)17-16(22)18-14-13(15(20)21-2)11-4-3-5-12(11)23-14/h10H,3-9H2,1-2H3,(H2,17,18,22). The van der Waals surface area contributed by atoms with Crippen molar-refractivity contribution in [2.75, 3.05) is 32.6 Å². The van der Waals surface area contributed by atoms with Gasteiger partial charge in [0.2, 0.25) is 0 Å². The summed E-state index contributed by atoms with van der Waals surface area (Å²) in [5, 5.41) is 8.05. The normalized spacial score (nSPS) is 18.5. The number of hydrogen-bond donors (Lipinski definition) is 2. The van der Waals surface area contributed by atoms with Crippen LogP contribution in [0.1, 0.15) is 40.1 Å². The Kier molecular flexibility index (Phi) is 5.18. The number of ether oxygens (including phenoxy) is 1. The number of nitrogens with zero attached hydrogens (tertiary/aromatic N) is 1. The van der Waals surface area contributed by atoms with Crippen LogP contribution in [0.5, 0.6) is 0 Å². The van der Waals surface area contributed by atoms with E-state index < -0.39 is 0 Å². The maximum absolute atomic E-state index is 12.1. The predicted octanol–water partition coefficient (Wildman–Crippen LogP) is 2.40. The van der Waals surface area contributed by atoms with E-state index in [2.05, 4.69) is 22.6 Å². The third-order valence-electron chi connectivity index (χ3n) is 4.59. The van der Waals surface area contributed by atoms with Crippen LogP contribution in [0.3, 0.4) is 0 Å². The molecule has 1 aromatic rings. The van der Waals surface area contributed by atoms with Gasteiger partial charge in [-0.1, -0.05) is 0 Å². The SMILES string of the molecule is COC(=O)c1c(NC(=S)NC2CCN(C)CC2)sc2c1CCC2. The van der Waals surface area contributed by atoms with E-state index in [9.17, 15) is 4.79 Å². The first-order valence-electron chi connectivity index (χ1n) is 8.07. The van der Waals surface area contributed by atoms with Crippen molar-refractivity contribution in [1.82, 2.24) is 10.2 Å². The van der Waals surface area contributed by atoms with Crippen LogP contribution in [0.15, 0.2) is 0 Å². The van der Waals surface area contributed by atoms with Crippen molar-refractivity contribution in [2.45, 2.75) is 38.1 Å². The number of fused-ring (bicyclic) bond motifs is 1. The van der Waals surface area contributed by atoms with Crippen LogP contribution in [0.2, 0.25) is 0 Å². The van der Waals surface area contributed by atoms with E-state index in [-0.39, 0.29) is 5.97 Å². The molecule has 0 amide bonds. The highest BCUT2D eigenvalue weighted by Gasteiger charge is 2.28. The van der Waals surface area contributed by atoms with Crippen molar-refractivity contribution in [3.63, 3.8) is 0 Å². The first-order valence-corrected chi connectivity index (χ1v) is 9.30. The molecule has 1 saturated heterocycles. The molecule has 2 aliphatic rings. The van der Waals surface area contributed by atoms with Gasteiger partial charge in [-0.25, -0.2) is 4.79 Å². The van der Waals surface area contributed by atoms with Gasteiger partial charge in [-0.05, 0) is 70.0 Å². The van der Waals surface area contributed by atoms with Crippen molar-refractivity contribution >= 4 is 39.6 Å². The summed E-state index contributed by atoms with van der Waals surface area (Å²) in [6.07, 6.45) is 5.28. The average Bonchev–Trinajstić information content (AvgIpc) is 3.09. The van der Waals surface area contributed by atoms with E-state index in [0.717, 1.165) is 55.8 Å². The predicted molar refractivity (Wildman–Crippen MR) is 97.6 cm³/mol. The van der Waals surface area contributed by atoms with E-state index in [1.54, 1.807) is 11.3 Å². The first kappa shape index (κ1) is 16.7. The fourth-order valence-electron chi connectivity index (χ4n) is 3.29. The van der Waals surface area contributed by atoms with Crippen LogP contribution in [0, 0.1) is 0 Å². The van der Waals surface area contributed by atoms with Crippen LogP contribution < -0.4 is 10.6 Å². The van der Waals surface area contributed by atoms with Gasteiger partial charge in [0.25, 0.3) is 0 Å². The van der Waals surface area contributed by atoms with E-state index in [1.807, 2.05) is 0 Å². The molecule has 1 aliphatic heterocycles. The fraction of sp³-hybridized carbons (Fsp3) is 0.625. The second-order valence-electron chi connectivity index (χ2n) is 6.23. The number of rotatable bonds is 3. The Hall–Kier alpha value is -1.18. The summed E-state index contributed by atoms with van der Waals surface area (Å²) < 4.78 is 4.96. The minimum Gasteiger partial charge on any atom is -0.465 e. The van der Waals surface area contributed by atoms with Gasteiger partial charge in [0.15, 0.2) is 5.11 Å². The smallest absolute Gasteiger partial charge is 0.341 e. The van der Waals surface area contributed by atoms with Gasteiger partial charge >= 0.3 is 5.97 Å². The Bertz CT molecular complexity index is 607. The molecule has 23 heavy (non-hydrogen) atoms. The Balaban J connectivity index is 1.68. The number of thiophene rings is 1. The lowest BCUT2D eigenvalue weighted by atomic mass is 10.1. The minimum atomic E-state index is -0.269. The number of aryl methyl sites for hydroxylation is 1. The van der Waals surface area contributed by atoms with E-state index in [1.165, 1.54) is 12.0 Å². The third-order valence-corrected chi connectivity index (χ3v) is 6.02. The van der Waals surface area contributed by atoms with Gasteiger partial charge in [0.1, 0.15) is 5.00 Å². The van der Waals surface area contributed by atoms with Crippen LogP contribution in [0.4, 0.5) is 5.00 Å². The van der Waals surface area contributed by atoms with Gasteiger partial charge in [0, 0.05) is 10.9 Å². The highest BCUT2D eigenvalue weighted by atomic mass is 32.1. The zero-order valence-corrected chi connectivity index (χ0v) is 15.2. The summed E-state index contributed by atoms with van der Waals surface area (Å²) in [7, 11) is 3.57. The van der Waals surface area contributed by atoms with Crippen LogP contribution >= 0.6 is 23.6 Å². The molecule has 1 aliphatic carbocycles. The van der Waals surface area contributed by atoms with Crippen molar-refractivity contribution in [1.29, 1.82) is 0 Å². The van der Waals surface area contributed by atoms with Crippen molar-refractivity contribution in [3.8, 4) is 0 Å². The molecule has 2 heterocycles. The van der Waals surface area contributed by atoms with E-state index >= 15 is 0 Å². The van der Waals surface area contributed by atoms with Crippen molar-refractivity contribution in [2.24, 2.45) is 0 Å². The van der Waals surface area contributed by atoms with Gasteiger partial charge in [0.05, 0.1) is 12.7 Å². The number of piperidine rings is 1. The number of carbonyl (C=O) groups excluding carboxylic acids is 1. The Labute approximate surface area is 146 Å². The lowest BCUT2D eigenvalue weighted by Crippen LogP contribution is -2.44. The molecule has 2 N–H and O–H groups in total. The zero-order valence-electron chi connectivity index (χ0n) is 13.6. The summed E-state index contributed by atoms with van der Waals surface area (Å²) in [5.41, 5.74) is 1.82. The number of thiocarbonyl (C=S) groups is 1. The maximum Gasteiger partial charge on any atom is 0.341 e. The van der Waals surface area contributed by atoms with Crippen LogP contribution in [-0.2, 0) is 17.6 Å². The second kappa shape index (κ2) is 7.15. The fourth-order valence-corrected chi connectivity index (χ4v) is 4.90. The molecular formula is C16H23N3O2S2. The number of anilines is 1. The molecule has 7 heteroatoms. The summed E-state index contributed by atoms with van der Waals surface area (Å²) in [6.45, 7) is 2.17. The Morgan fingerprint density at radius 2 is 2.09 bits per heavy atom. The van der Waals surface area contributed by atoms with Crippen LogP contribution in [0.25, 0.3) is 0 Å². The Morgan fingerprint density at radius 1 is 1.35 bits per heavy atom. The highest BCUT2D eigenvalue weighted by Crippen LogP contribution is 2.39. The number of hydrogen-bond acceptors (Lipinski definition) is 5. The molecule has 0 spiro atoms. The lowest BCUT2D eigenvalue weighted by Gasteiger charge is -2.30. The van der Waals surface area contributed by atoms with Crippen molar-refractivity contribution in [3.05, 3.63) is 16.0 Å². The molecule has 0 atom stereocenters. The quantitative estimate of drug-likeness (QED) is 0.643. The highest BCUT2D eigenvalue weighted by molar-refractivity contribution is 7.80. The van der Waals surface area contributed by atoms with E-state index in [4.69, 9.17) is 17.0 Å². The summed E-state index contributed by atoms with van der Waals surface area (Å²) in [6, 6.07) is 0.402. The third kappa shape index (κ3) is 3.67. The molecular weight excluding hydrogens is 330 g/mol. The number of carbonyl (C=O) groups is 1. The minimum absolute atomic E-state index is 0.269. The first-order chi connectivity index (χ1) is 11.1. The Morgan fingerprint density at radius 3 is 2.78 bits per heavy atom.